The van der Waals surface area contributed by atoms with Crippen molar-refractivity contribution in [2.24, 2.45) is 0 Å². The molecule has 2 heterocycles. The molecule has 1 aromatic heterocycles. The largest absolute Gasteiger partial charge is 0.416 e. The van der Waals surface area contributed by atoms with Gasteiger partial charge in [-0.1, -0.05) is 0 Å². The lowest BCUT2D eigenvalue weighted by Crippen LogP contribution is -2.47. The van der Waals surface area contributed by atoms with Crippen LogP contribution in [-0.4, -0.2) is 36.1 Å². The second-order valence-electron chi connectivity index (χ2n) is 5.58. The Labute approximate surface area is 132 Å². The van der Waals surface area contributed by atoms with E-state index < -0.39 is 11.7 Å². The van der Waals surface area contributed by atoms with Gasteiger partial charge in [-0.15, -0.1) is 0 Å². The van der Waals surface area contributed by atoms with E-state index in [0.29, 0.717) is 5.95 Å². The molecule has 0 bridgehead atoms. The predicted molar refractivity (Wildman–Crippen MR) is 82.6 cm³/mol. The Morgan fingerprint density at radius 2 is 1.39 bits per heavy atom. The highest BCUT2D eigenvalue weighted by atomic mass is 19.4. The van der Waals surface area contributed by atoms with Crippen LogP contribution in [0.25, 0.3) is 0 Å². The summed E-state index contributed by atoms with van der Waals surface area (Å²) in [6.45, 7) is 4.87. The smallest absolute Gasteiger partial charge is 0.368 e. The van der Waals surface area contributed by atoms with Crippen LogP contribution in [-0.2, 0) is 6.18 Å². The van der Waals surface area contributed by atoms with Crippen LogP contribution >= 0.6 is 0 Å². The first-order valence-corrected chi connectivity index (χ1v) is 7.39. The van der Waals surface area contributed by atoms with Gasteiger partial charge in [0.05, 0.1) is 5.56 Å². The van der Waals surface area contributed by atoms with E-state index in [-0.39, 0.29) is 0 Å². The maximum absolute atomic E-state index is 12.6. The van der Waals surface area contributed by atoms with E-state index in [0.717, 1.165) is 49.6 Å². The van der Waals surface area contributed by atoms with Crippen molar-refractivity contribution < 1.29 is 13.2 Å². The van der Waals surface area contributed by atoms with Gasteiger partial charge < -0.3 is 9.80 Å². The molecule has 2 aromatic rings. The molecular weight excluding hydrogens is 305 g/mol. The molecule has 7 heteroatoms. The van der Waals surface area contributed by atoms with Crippen molar-refractivity contribution in [2.45, 2.75) is 13.1 Å². The van der Waals surface area contributed by atoms with Crippen molar-refractivity contribution in [3.8, 4) is 0 Å². The number of hydrogen-bond donors (Lipinski definition) is 0. The van der Waals surface area contributed by atoms with Crippen LogP contribution in [0.15, 0.2) is 36.7 Å². The average molecular weight is 322 g/mol. The number of piperazine rings is 1. The molecule has 3 rings (SSSR count). The monoisotopic (exact) mass is 322 g/mol. The van der Waals surface area contributed by atoms with Crippen LogP contribution in [0.4, 0.5) is 24.8 Å². The molecule has 0 atom stereocenters. The van der Waals surface area contributed by atoms with Crippen LogP contribution in [0.2, 0.25) is 0 Å². The third kappa shape index (κ3) is 3.55. The SMILES string of the molecule is Cc1cnc(N2CCN(c3ccc(C(F)(F)F)cc3)CC2)nc1. The summed E-state index contributed by atoms with van der Waals surface area (Å²) in [4.78, 5) is 12.8. The maximum atomic E-state index is 12.6. The molecule has 0 aliphatic carbocycles. The normalized spacial score (nSPS) is 15.8. The summed E-state index contributed by atoms with van der Waals surface area (Å²) in [7, 11) is 0. The van der Waals surface area contributed by atoms with E-state index >= 15 is 0 Å². The molecule has 0 radical (unpaired) electrons. The molecule has 0 amide bonds. The fourth-order valence-electron chi connectivity index (χ4n) is 2.57. The van der Waals surface area contributed by atoms with Crippen molar-refractivity contribution in [1.29, 1.82) is 0 Å². The molecule has 0 spiro atoms. The van der Waals surface area contributed by atoms with E-state index in [9.17, 15) is 13.2 Å². The predicted octanol–water partition coefficient (Wildman–Crippen LogP) is 3.13. The highest BCUT2D eigenvalue weighted by molar-refractivity contribution is 5.50. The van der Waals surface area contributed by atoms with Gasteiger partial charge in [0.25, 0.3) is 0 Å². The van der Waals surface area contributed by atoms with Gasteiger partial charge in [0, 0.05) is 44.3 Å². The average Bonchev–Trinajstić information content (AvgIpc) is 2.55. The zero-order chi connectivity index (χ0) is 16.4. The molecule has 1 fully saturated rings. The number of alkyl halides is 3. The fraction of sp³-hybridized carbons (Fsp3) is 0.375. The van der Waals surface area contributed by atoms with Crippen LogP contribution in [0.5, 0.6) is 0 Å². The van der Waals surface area contributed by atoms with Gasteiger partial charge in [-0.2, -0.15) is 13.2 Å². The standard InChI is InChI=1S/C16H17F3N4/c1-12-10-20-15(21-11-12)23-8-6-22(7-9-23)14-4-2-13(3-5-14)16(17,18)19/h2-5,10-11H,6-9H2,1H3. The van der Waals surface area contributed by atoms with Crippen molar-refractivity contribution >= 4 is 11.6 Å². The summed E-state index contributed by atoms with van der Waals surface area (Å²) in [5.41, 5.74) is 1.20. The molecule has 1 aliphatic heterocycles. The van der Waals surface area contributed by atoms with Crippen molar-refractivity contribution in [2.75, 3.05) is 36.0 Å². The molecule has 4 nitrogen and oxygen atoms in total. The summed E-state index contributed by atoms with van der Waals surface area (Å²) in [6.07, 6.45) is -0.727. The Kier molecular flexibility index (Phi) is 4.11. The zero-order valence-corrected chi connectivity index (χ0v) is 12.7. The molecule has 1 aromatic carbocycles. The molecule has 1 saturated heterocycles. The minimum atomic E-state index is -4.29. The van der Waals surface area contributed by atoms with Crippen LogP contribution < -0.4 is 9.80 Å². The number of nitrogens with zero attached hydrogens (tertiary/aromatic N) is 4. The molecule has 0 unspecified atom stereocenters. The first kappa shape index (κ1) is 15.6. The van der Waals surface area contributed by atoms with Crippen LogP contribution in [0.3, 0.4) is 0 Å². The zero-order valence-electron chi connectivity index (χ0n) is 12.7. The molecule has 0 saturated carbocycles. The third-order valence-corrected chi connectivity index (χ3v) is 3.89. The lowest BCUT2D eigenvalue weighted by Gasteiger charge is -2.36. The van der Waals surface area contributed by atoms with E-state index in [2.05, 4.69) is 19.8 Å². The van der Waals surface area contributed by atoms with E-state index in [4.69, 9.17) is 0 Å². The summed E-state index contributed by atoms with van der Waals surface area (Å²) >= 11 is 0. The second-order valence-corrected chi connectivity index (χ2v) is 5.58. The lowest BCUT2D eigenvalue weighted by atomic mass is 10.1. The number of hydrogen-bond acceptors (Lipinski definition) is 4. The van der Waals surface area contributed by atoms with Gasteiger partial charge >= 0.3 is 6.18 Å². The Hall–Kier alpha value is -2.31. The van der Waals surface area contributed by atoms with E-state index in [1.807, 2.05) is 6.92 Å². The Bertz CT molecular complexity index is 645. The van der Waals surface area contributed by atoms with Gasteiger partial charge in [-0.3, -0.25) is 0 Å². The number of anilines is 2. The van der Waals surface area contributed by atoms with E-state index in [1.54, 1.807) is 12.4 Å². The second kappa shape index (κ2) is 6.06. The molecule has 23 heavy (non-hydrogen) atoms. The summed E-state index contributed by atoms with van der Waals surface area (Å²) in [5.74, 6) is 0.697. The summed E-state index contributed by atoms with van der Waals surface area (Å²) in [6, 6.07) is 5.32. The quantitative estimate of drug-likeness (QED) is 0.850. The minimum absolute atomic E-state index is 0.618. The first-order chi connectivity index (χ1) is 10.9. The molecule has 0 N–H and O–H groups in total. The number of benzene rings is 1. The molecule has 1 aliphatic rings. The van der Waals surface area contributed by atoms with E-state index in [1.165, 1.54) is 12.1 Å². The Morgan fingerprint density at radius 1 is 0.870 bits per heavy atom. The Balaban J connectivity index is 1.63. The Morgan fingerprint density at radius 3 is 1.91 bits per heavy atom. The fourth-order valence-corrected chi connectivity index (χ4v) is 2.57. The highest BCUT2D eigenvalue weighted by Crippen LogP contribution is 2.30. The van der Waals surface area contributed by atoms with Gasteiger partial charge in [-0.25, -0.2) is 9.97 Å². The number of aryl methyl sites for hydroxylation is 1. The summed E-state index contributed by atoms with van der Waals surface area (Å²) < 4.78 is 37.8. The van der Waals surface area contributed by atoms with Gasteiger partial charge in [0.1, 0.15) is 0 Å². The summed E-state index contributed by atoms with van der Waals surface area (Å²) in [5, 5.41) is 0. The minimum Gasteiger partial charge on any atom is -0.368 e. The topological polar surface area (TPSA) is 32.3 Å². The highest BCUT2D eigenvalue weighted by Gasteiger charge is 2.30. The van der Waals surface area contributed by atoms with Gasteiger partial charge in [0.15, 0.2) is 0 Å². The number of halogens is 3. The van der Waals surface area contributed by atoms with Crippen LogP contribution in [0.1, 0.15) is 11.1 Å². The van der Waals surface area contributed by atoms with Gasteiger partial charge in [0.2, 0.25) is 5.95 Å². The van der Waals surface area contributed by atoms with Crippen molar-refractivity contribution in [3.63, 3.8) is 0 Å². The molecule has 122 valence electrons. The number of rotatable bonds is 2. The maximum Gasteiger partial charge on any atom is 0.416 e. The van der Waals surface area contributed by atoms with Crippen molar-refractivity contribution in [1.82, 2.24) is 9.97 Å². The lowest BCUT2D eigenvalue weighted by molar-refractivity contribution is -0.137. The first-order valence-electron chi connectivity index (χ1n) is 7.39. The van der Waals surface area contributed by atoms with Crippen molar-refractivity contribution in [3.05, 3.63) is 47.8 Å². The third-order valence-electron chi connectivity index (χ3n) is 3.89. The van der Waals surface area contributed by atoms with Crippen LogP contribution in [0, 0.1) is 6.92 Å². The van der Waals surface area contributed by atoms with Gasteiger partial charge in [-0.05, 0) is 36.8 Å². The number of aromatic nitrogens is 2. The molecular formula is C16H17F3N4.